The van der Waals surface area contributed by atoms with E-state index < -0.39 is 0 Å². The number of rotatable bonds is 10. The van der Waals surface area contributed by atoms with Crippen molar-refractivity contribution >= 4 is 53.5 Å². The van der Waals surface area contributed by atoms with Crippen molar-refractivity contribution in [3.05, 3.63) is 209 Å². The Hall–Kier alpha value is -5.92. The van der Waals surface area contributed by atoms with Gasteiger partial charge in [0.05, 0.1) is 0 Å². The molecule has 0 fully saturated rings. The summed E-state index contributed by atoms with van der Waals surface area (Å²) in [6.45, 7) is 0. The van der Waals surface area contributed by atoms with Crippen molar-refractivity contribution in [3.8, 4) is 0 Å². The van der Waals surface area contributed by atoms with Crippen molar-refractivity contribution in [1.29, 1.82) is 0 Å². The van der Waals surface area contributed by atoms with Gasteiger partial charge in [-0.25, -0.2) is 0 Å². The average molecular weight is 578 g/mol. The number of anilines is 3. The van der Waals surface area contributed by atoms with Gasteiger partial charge in [-0.2, -0.15) is 0 Å². The molecule has 0 saturated carbocycles. The maximum Gasteiger partial charge on any atom is 0.0462 e. The minimum atomic E-state index is 1.10. The van der Waals surface area contributed by atoms with Crippen LogP contribution in [-0.2, 0) is 0 Å². The number of hydrogen-bond acceptors (Lipinski definition) is 1. The first-order valence-electron chi connectivity index (χ1n) is 15.3. The highest BCUT2D eigenvalue weighted by molar-refractivity contribution is 5.80. The van der Waals surface area contributed by atoms with E-state index in [9.17, 15) is 0 Å². The molecule has 0 heterocycles. The van der Waals surface area contributed by atoms with Crippen LogP contribution in [-0.4, -0.2) is 0 Å². The lowest BCUT2D eigenvalue weighted by molar-refractivity contribution is 1.28. The third kappa shape index (κ3) is 8.34. The molecule has 216 valence electrons. The normalized spacial score (nSPS) is 11.6. The molecule has 0 unspecified atom stereocenters. The molecule has 45 heavy (non-hydrogen) atoms. The van der Waals surface area contributed by atoms with Gasteiger partial charge in [-0.15, -0.1) is 0 Å². The summed E-state index contributed by atoms with van der Waals surface area (Å²) in [5.41, 5.74) is 10.4. The van der Waals surface area contributed by atoms with Crippen LogP contribution < -0.4 is 4.90 Å². The maximum atomic E-state index is 2.30. The van der Waals surface area contributed by atoms with E-state index in [0.29, 0.717) is 0 Å². The molecule has 0 aliphatic rings. The molecular formula is C44H35N. The number of benzene rings is 6. The van der Waals surface area contributed by atoms with Gasteiger partial charge in [0.25, 0.3) is 0 Å². The molecule has 0 spiro atoms. The van der Waals surface area contributed by atoms with Crippen LogP contribution in [0.1, 0.15) is 33.4 Å². The van der Waals surface area contributed by atoms with Gasteiger partial charge in [0.2, 0.25) is 0 Å². The fraction of sp³-hybridized carbons (Fsp3) is 0. The first-order chi connectivity index (χ1) is 22.3. The smallest absolute Gasteiger partial charge is 0.0462 e. The maximum absolute atomic E-state index is 2.30. The molecule has 6 rings (SSSR count). The predicted molar refractivity (Wildman–Crippen MR) is 196 cm³/mol. The monoisotopic (exact) mass is 577 g/mol. The lowest BCUT2D eigenvalue weighted by Gasteiger charge is -2.26. The van der Waals surface area contributed by atoms with E-state index in [1.807, 2.05) is 18.2 Å². The summed E-state index contributed by atoms with van der Waals surface area (Å²) >= 11 is 0. The van der Waals surface area contributed by atoms with Gasteiger partial charge < -0.3 is 4.90 Å². The quantitative estimate of drug-likeness (QED) is 0.116. The summed E-state index contributed by atoms with van der Waals surface area (Å²) in [6.07, 6.45) is 17.0. The molecule has 0 saturated heterocycles. The van der Waals surface area contributed by atoms with Crippen molar-refractivity contribution < 1.29 is 0 Å². The SMILES string of the molecule is C(/C=C/c1ccc(N(c2ccc(/C=C/c3ccccc3)cc2)c2ccc(/C=C/c3ccccc3)cc2)cc1)=C\c1ccccc1. The highest BCUT2D eigenvalue weighted by Gasteiger charge is 2.12. The average Bonchev–Trinajstić information content (AvgIpc) is 3.11. The van der Waals surface area contributed by atoms with Crippen LogP contribution in [0.5, 0.6) is 0 Å². The van der Waals surface area contributed by atoms with Gasteiger partial charge in [0.1, 0.15) is 0 Å². The topological polar surface area (TPSA) is 3.24 Å². The van der Waals surface area contributed by atoms with E-state index in [-0.39, 0.29) is 0 Å². The Labute approximate surface area is 267 Å². The van der Waals surface area contributed by atoms with Gasteiger partial charge in [-0.3, -0.25) is 0 Å². The Kier molecular flexibility index (Phi) is 9.72. The zero-order valence-electron chi connectivity index (χ0n) is 25.2. The van der Waals surface area contributed by atoms with Crippen LogP contribution in [0.3, 0.4) is 0 Å². The molecule has 0 amide bonds. The summed E-state index contributed by atoms with van der Waals surface area (Å²) in [5.74, 6) is 0. The fourth-order valence-corrected chi connectivity index (χ4v) is 5.06. The second-order valence-electron chi connectivity index (χ2n) is 10.7. The Morgan fingerprint density at radius 3 is 0.800 bits per heavy atom. The first kappa shape index (κ1) is 29.2. The van der Waals surface area contributed by atoms with E-state index >= 15 is 0 Å². The Morgan fingerprint density at radius 1 is 0.244 bits per heavy atom. The second kappa shape index (κ2) is 15.0. The molecular weight excluding hydrogens is 542 g/mol. The van der Waals surface area contributed by atoms with Crippen LogP contribution >= 0.6 is 0 Å². The Balaban J connectivity index is 1.25. The van der Waals surface area contributed by atoms with E-state index in [0.717, 1.165) is 33.8 Å². The van der Waals surface area contributed by atoms with Crippen molar-refractivity contribution in [2.24, 2.45) is 0 Å². The van der Waals surface area contributed by atoms with E-state index in [1.165, 1.54) is 16.7 Å². The van der Waals surface area contributed by atoms with Gasteiger partial charge in [0, 0.05) is 17.1 Å². The largest absolute Gasteiger partial charge is 0.311 e. The zero-order valence-corrected chi connectivity index (χ0v) is 25.2. The fourth-order valence-electron chi connectivity index (χ4n) is 5.06. The summed E-state index contributed by atoms with van der Waals surface area (Å²) < 4.78 is 0. The molecule has 6 aromatic rings. The standard InChI is InChI=1S/C44H35N/c1-4-12-36(13-5-1)18-10-11-19-39-24-30-42(31-25-39)45(43-32-26-40(27-33-43)22-20-37-14-6-2-7-15-37)44-34-28-41(29-35-44)23-21-38-16-8-3-9-17-38/h1-35H/b18-10+,19-11+,22-20+,23-21+. The van der Waals surface area contributed by atoms with E-state index in [1.54, 1.807) is 0 Å². The van der Waals surface area contributed by atoms with E-state index in [2.05, 4.69) is 199 Å². The number of hydrogen-bond donors (Lipinski definition) is 0. The van der Waals surface area contributed by atoms with Crippen molar-refractivity contribution in [1.82, 2.24) is 0 Å². The van der Waals surface area contributed by atoms with Gasteiger partial charge >= 0.3 is 0 Å². The second-order valence-corrected chi connectivity index (χ2v) is 10.7. The highest BCUT2D eigenvalue weighted by atomic mass is 15.1. The molecule has 0 atom stereocenters. The summed E-state index contributed by atoms with van der Waals surface area (Å²) in [7, 11) is 0. The van der Waals surface area contributed by atoms with Crippen molar-refractivity contribution in [2.45, 2.75) is 0 Å². The Bertz CT molecular complexity index is 1790. The third-order valence-corrected chi connectivity index (χ3v) is 7.48. The van der Waals surface area contributed by atoms with Crippen molar-refractivity contribution in [3.63, 3.8) is 0 Å². The van der Waals surface area contributed by atoms with E-state index in [4.69, 9.17) is 0 Å². The molecule has 1 nitrogen and oxygen atoms in total. The molecule has 0 aromatic heterocycles. The van der Waals surface area contributed by atoms with Crippen LogP contribution in [0.15, 0.2) is 176 Å². The summed E-state index contributed by atoms with van der Waals surface area (Å²) in [6, 6.07) is 57.3. The first-order valence-corrected chi connectivity index (χ1v) is 15.3. The molecule has 1 heteroatoms. The lowest BCUT2D eigenvalue weighted by atomic mass is 10.1. The lowest BCUT2D eigenvalue weighted by Crippen LogP contribution is -2.09. The van der Waals surface area contributed by atoms with Crippen LogP contribution in [0.4, 0.5) is 17.1 Å². The minimum Gasteiger partial charge on any atom is -0.311 e. The molecule has 0 bridgehead atoms. The van der Waals surface area contributed by atoms with Crippen LogP contribution in [0, 0.1) is 0 Å². The van der Waals surface area contributed by atoms with Crippen LogP contribution in [0.25, 0.3) is 36.5 Å². The van der Waals surface area contributed by atoms with Crippen molar-refractivity contribution in [2.75, 3.05) is 4.90 Å². The zero-order chi connectivity index (χ0) is 30.5. The van der Waals surface area contributed by atoms with Crippen LogP contribution in [0.2, 0.25) is 0 Å². The molecule has 0 aliphatic carbocycles. The predicted octanol–water partition coefficient (Wildman–Crippen LogP) is 12.2. The molecule has 0 radical (unpaired) electrons. The van der Waals surface area contributed by atoms with Gasteiger partial charge in [0.15, 0.2) is 0 Å². The highest BCUT2D eigenvalue weighted by Crippen LogP contribution is 2.35. The van der Waals surface area contributed by atoms with Gasteiger partial charge in [-0.05, 0) is 69.8 Å². The molecule has 0 N–H and O–H groups in total. The third-order valence-electron chi connectivity index (χ3n) is 7.48. The minimum absolute atomic E-state index is 1.10. The molecule has 6 aromatic carbocycles. The Morgan fingerprint density at radius 2 is 0.489 bits per heavy atom. The number of allylic oxidation sites excluding steroid dienone is 2. The molecule has 0 aliphatic heterocycles. The number of nitrogens with zero attached hydrogens (tertiary/aromatic N) is 1. The summed E-state index contributed by atoms with van der Waals surface area (Å²) in [5, 5.41) is 0. The summed E-state index contributed by atoms with van der Waals surface area (Å²) in [4.78, 5) is 2.30. The van der Waals surface area contributed by atoms with Gasteiger partial charge in [-0.1, -0.05) is 176 Å².